The molecule has 0 radical (unpaired) electrons. The second kappa shape index (κ2) is 13.2. The van der Waals surface area contributed by atoms with E-state index in [1.165, 1.54) is 24.1 Å². The Kier molecular flexibility index (Phi) is 9.71. The fourth-order valence-electron chi connectivity index (χ4n) is 4.88. The molecule has 0 heterocycles. The van der Waals surface area contributed by atoms with Crippen molar-refractivity contribution in [1.82, 2.24) is 10.2 Å². The third kappa shape index (κ3) is 6.95. The van der Waals surface area contributed by atoms with Crippen LogP contribution in [0.4, 0.5) is 5.69 Å². The van der Waals surface area contributed by atoms with Crippen LogP contribution in [0.5, 0.6) is 5.75 Å². The van der Waals surface area contributed by atoms with Crippen molar-refractivity contribution in [2.24, 2.45) is 0 Å². The molecule has 0 aliphatic heterocycles. The molecule has 4 rings (SSSR count). The molecule has 1 aliphatic rings. The van der Waals surface area contributed by atoms with Crippen molar-refractivity contribution in [3.63, 3.8) is 0 Å². The summed E-state index contributed by atoms with van der Waals surface area (Å²) in [5.74, 6) is -0.528. The number of amides is 2. The average molecular weight is 584 g/mol. The van der Waals surface area contributed by atoms with E-state index >= 15 is 0 Å². The highest BCUT2D eigenvalue weighted by Crippen LogP contribution is 2.32. The van der Waals surface area contributed by atoms with Gasteiger partial charge in [-0.2, -0.15) is 0 Å². The van der Waals surface area contributed by atoms with E-state index in [4.69, 9.17) is 16.3 Å². The van der Waals surface area contributed by atoms with Crippen molar-refractivity contribution in [2.75, 3.05) is 18.0 Å². The van der Waals surface area contributed by atoms with Gasteiger partial charge in [-0.1, -0.05) is 66.9 Å². The average Bonchev–Trinajstić information content (AvgIpc) is 3.47. The number of methoxy groups -OCH3 is 1. The van der Waals surface area contributed by atoms with Crippen LogP contribution in [0.15, 0.2) is 83.8 Å². The third-order valence-electron chi connectivity index (χ3n) is 7.07. The minimum atomic E-state index is -4.18. The Bertz CT molecular complexity index is 1430. The minimum Gasteiger partial charge on any atom is -0.495 e. The van der Waals surface area contributed by atoms with Crippen LogP contribution in [0, 0.1) is 0 Å². The minimum absolute atomic E-state index is 0.0297. The highest BCUT2D eigenvalue weighted by atomic mass is 35.5. The van der Waals surface area contributed by atoms with Crippen molar-refractivity contribution < 1.29 is 22.7 Å². The topological polar surface area (TPSA) is 96.0 Å². The number of carbonyl (C=O) groups excluding carboxylic acids is 2. The lowest BCUT2D eigenvalue weighted by Crippen LogP contribution is -2.52. The first-order valence-electron chi connectivity index (χ1n) is 13.3. The maximum atomic E-state index is 14.0. The number of rotatable bonds is 11. The van der Waals surface area contributed by atoms with E-state index in [0.717, 1.165) is 35.6 Å². The van der Waals surface area contributed by atoms with Crippen LogP contribution in [0.3, 0.4) is 0 Å². The normalized spacial score (nSPS) is 14.4. The van der Waals surface area contributed by atoms with Gasteiger partial charge in [0.25, 0.3) is 10.0 Å². The lowest BCUT2D eigenvalue weighted by molar-refractivity contribution is -0.139. The van der Waals surface area contributed by atoms with Gasteiger partial charge in [0, 0.05) is 17.6 Å². The van der Waals surface area contributed by atoms with Gasteiger partial charge in [0.1, 0.15) is 18.3 Å². The molecule has 3 aromatic rings. The van der Waals surface area contributed by atoms with Crippen LogP contribution in [-0.4, -0.2) is 50.9 Å². The summed E-state index contributed by atoms with van der Waals surface area (Å²) in [6, 6.07) is 20.8. The smallest absolute Gasteiger partial charge is 0.264 e. The molecule has 2 amide bonds. The molecular formula is C30H34ClN3O5S. The molecule has 0 bridgehead atoms. The number of nitrogens with zero attached hydrogens (tertiary/aromatic N) is 2. The molecule has 1 saturated carbocycles. The molecule has 0 aromatic heterocycles. The van der Waals surface area contributed by atoms with E-state index in [2.05, 4.69) is 5.32 Å². The predicted octanol–water partition coefficient (Wildman–Crippen LogP) is 5.02. The van der Waals surface area contributed by atoms with Gasteiger partial charge >= 0.3 is 0 Å². The number of sulfonamides is 1. The van der Waals surface area contributed by atoms with Crippen LogP contribution in [0.2, 0.25) is 5.02 Å². The van der Waals surface area contributed by atoms with E-state index in [1.54, 1.807) is 67.6 Å². The number of nitrogens with one attached hydrogen (secondary N) is 1. The number of ether oxygens (including phenoxy) is 1. The SMILES string of the molecule is COc1ccccc1N(CC(=O)N(Cc1cccc(Cl)c1)[C@@H](C)C(=O)NC1CCCC1)S(=O)(=O)c1ccccc1. The monoisotopic (exact) mass is 583 g/mol. The van der Waals surface area contributed by atoms with Crippen LogP contribution >= 0.6 is 11.6 Å². The molecule has 8 nitrogen and oxygen atoms in total. The van der Waals surface area contributed by atoms with Gasteiger partial charge in [-0.15, -0.1) is 0 Å². The molecule has 0 spiro atoms. The van der Waals surface area contributed by atoms with Crippen LogP contribution in [-0.2, 0) is 26.2 Å². The third-order valence-corrected chi connectivity index (χ3v) is 9.08. The highest BCUT2D eigenvalue weighted by Gasteiger charge is 2.34. The zero-order valence-corrected chi connectivity index (χ0v) is 24.2. The zero-order chi connectivity index (χ0) is 28.7. The fourth-order valence-corrected chi connectivity index (χ4v) is 6.53. The summed E-state index contributed by atoms with van der Waals surface area (Å²) in [7, 11) is -2.74. The number of hydrogen-bond acceptors (Lipinski definition) is 5. The van der Waals surface area contributed by atoms with Crippen molar-refractivity contribution in [3.05, 3.63) is 89.4 Å². The standard InChI is InChI=1S/C30H34ClN3O5S/c1-22(30(36)32-25-13-6-7-14-25)33(20-23-11-10-12-24(31)19-23)29(35)21-34(27-17-8-9-18-28(27)39-2)40(37,38)26-15-4-3-5-16-26/h3-5,8-12,15-19,22,25H,6-7,13-14,20-21H2,1-2H3,(H,32,36)/t22-/m0/s1. The number of benzene rings is 3. The number of halogens is 1. The summed E-state index contributed by atoms with van der Waals surface area (Å²) < 4.78 is 34.3. The van der Waals surface area contributed by atoms with Gasteiger partial charge in [-0.05, 0) is 61.7 Å². The summed E-state index contributed by atoms with van der Waals surface area (Å²) in [6.45, 7) is 1.19. The molecule has 0 unspecified atom stereocenters. The molecule has 1 fully saturated rings. The Morgan fingerprint density at radius 2 is 1.68 bits per heavy atom. The summed E-state index contributed by atoms with van der Waals surface area (Å²) in [5.41, 5.74) is 0.934. The Labute approximate surface area is 240 Å². The molecule has 40 heavy (non-hydrogen) atoms. The molecule has 0 saturated heterocycles. The van der Waals surface area contributed by atoms with E-state index in [0.29, 0.717) is 10.8 Å². The maximum Gasteiger partial charge on any atom is 0.264 e. The van der Waals surface area contributed by atoms with Crippen molar-refractivity contribution in [2.45, 2.75) is 56.1 Å². The van der Waals surface area contributed by atoms with Gasteiger partial charge in [-0.3, -0.25) is 13.9 Å². The summed E-state index contributed by atoms with van der Waals surface area (Å²) in [6.07, 6.45) is 3.90. The summed E-state index contributed by atoms with van der Waals surface area (Å²) >= 11 is 6.20. The maximum absolute atomic E-state index is 14.0. The van der Waals surface area contributed by atoms with Gasteiger partial charge in [0.2, 0.25) is 11.8 Å². The van der Waals surface area contributed by atoms with Gasteiger partial charge < -0.3 is 15.0 Å². The van der Waals surface area contributed by atoms with E-state index in [1.807, 2.05) is 6.07 Å². The second-order valence-electron chi connectivity index (χ2n) is 9.81. The first-order chi connectivity index (χ1) is 19.2. The number of para-hydroxylation sites is 2. The quantitative estimate of drug-likeness (QED) is 0.342. The lowest BCUT2D eigenvalue weighted by Gasteiger charge is -2.32. The number of hydrogen-bond donors (Lipinski definition) is 1. The second-order valence-corrected chi connectivity index (χ2v) is 12.1. The predicted molar refractivity (Wildman–Crippen MR) is 156 cm³/mol. The largest absolute Gasteiger partial charge is 0.495 e. The molecule has 1 N–H and O–H groups in total. The number of anilines is 1. The Balaban J connectivity index is 1.70. The summed E-state index contributed by atoms with van der Waals surface area (Å²) in [5, 5.41) is 3.56. The van der Waals surface area contributed by atoms with E-state index in [-0.39, 0.29) is 29.1 Å². The Morgan fingerprint density at radius 1 is 1.00 bits per heavy atom. The molecule has 3 aromatic carbocycles. The highest BCUT2D eigenvalue weighted by molar-refractivity contribution is 7.92. The fraction of sp³-hybridized carbons (Fsp3) is 0.333. The Morgan fingerprint density at radius 3 is 2.35 bits per heavy atom. The van der Waals surface area contributed by atoms with Crippen LogP contribution in [0.25, 0.3) is 0 Å². The van der Waals surface area contributed by atoms with Crippen LogP contribution < -0.4 is 14.4 Å². The van der Waals surface area contributed by atoms with E-state index in [9.17, 15) is 18.0 Å². The van der Waals surface area contributed by atoms with Crippen molar-refractivity contribution in [3.8, 4) is 5.75 Å². The first kappa shape index (κ1) is 29.4. The van der Waals surface area contributed by atoms with Crippen molar-refractivity contribution >= 4 is 39.1 Å². The number of carbonyl (C=O) groups is 2. The van der Waals surface area contributed by atoms with Gasteiger partial charge in [-0.25, -0.2) is 8.42 Å². The molecule has 1 atom stereocenters. The first-order valence-corrected chi connectivity index (χ1v) is 15.1. The van der Waals surface area contributed by atoms with Gasteiger partial charge in [0.15, 0.2) is 0 Å². The van der Waals surface area contributed by atoms with Gasteiger partial charge in [0.05, 0.1) is 17.7 Å². The molecule has 212 valence electrons. The zero-order valence-electron chi connectivity index (χ0n) is 22.6. The van der Waals surface area contributed by atoms with Crippen molar-refractivity contribution in [1.29, 1.82) is 0 Å². The Hall–Kier alpha value is -3.56. The lowest BCUT2D eigenvalue weighted by atomic mass is 10.1. The summed E-state index contributed by atoms with van der Waals surface area (Å²) in [4.78, 5) is 28.8. The van der Waals surface area contributed by atoms with E-state index < -0.39 is 28.5 Å². The molecular weight excluding hydrogens is 550 g/mol. The van der Waals surface area contributed by atoms with Crippen LogP contribution in [0.1, 0.15) is 38.2 Å². The molecule has 10 heteroatoms. The molecule has 1 aliphatic carbocycles.